The first-order valence-corrected chi connectivity index (χ1v) is 13.6. The lowest BCUT2D eigenvalue weighted by atomic mass is 10.2. The molecule has 0 saturated heterocycles. The Morgan fingerprint density at radius 3 is 1.87 bits per heavy atom. The molecule has 1 rings (SSSR count). The molecule has 0 spiro atoms. The third kappa shape index (κ3) is 19.4. The van der Waals surface area contributed by atoms with Crippen molar-refractivity contribution in [2.45, 2.75) is 64.7 Å². The summed E-state index contributed by atoms with van der Waals surface area (Å²) in [7, 11) is 0. The van der Waals surface area contributed by atoms with Crippen LogP contribution in [0.5, 0.6) is 0 Å². The highest BCUT2D eigenvalue weighted by atomic mass is 16.2. The highest BCUT2D eigenvalue weighted by molar-refractivity contribution is 5.93. The summed E-state index contributed by atoms with van der Waals surface area (Å²) < 4.78 is 0. The number of carbonyl (C=O) groups excluding carboxylic acids is 3. The minimum Gasteiger partial charge on any atom is -0.356 e. The second-order valence-corrected chi connectivity index (χ2v) is 8.55. The second-order valence-electron chi connectivity index (χ2n) is 8.55. The van der Waals surface area contributed by atoms with Gasteiger partial charge in [0.1, 0.15) is 0 Å². The molecule has 7 heteroatoms. The molecule has 0 saturated carbocycles. The van der Waals surface area contributed by atoms with Crippen LogP contribution in [0.15, 0.2) is 85.3 Å². The molecule has 1 heterocycles. The minimum atomic E-state index is -0.232. The number of nitrogens with one attached hydrogen (secondary N) is 3. The van der Waals surface area contributed by atoms with E-state index in [9.17, 15) is 14.4 Å². The molecule has 3 N–H and O–H groups in total. The van der Waals surface area contributed by atoms with E-state index in [1.807, 2.05) is 0 Å². The number of aromatic nitrogens is 1. The number of amides is 3. The Bertz CT molecular complexity index is 934. The summed E-state index contributed by atoms with van der Waals surface area (Å²) in [4.78, 5) is 39.5. The molecule has 0 bridgehead atoms. The van der Waals surface area contributed by atoms with Gasteiger partial charge in [0.15, 0.2) is 0 Å². The monoisotopic (exact) mass is 520 g/mol. The van der Waals surface area contributed by atoms with Gasteiger partial charge in [0.2, 0.25) is 11.8 Å². The van der Waals surface area contributed by atoms with Crippen LogP contribution >= 0.6 is 0 Å². The van der Waals surface area contributed by atoms with Crippen molar-refractivity contribution in [3.05, 3.63) is 90.9 Å². The van der Waals surface area contributed by atoms with Crippen LogP contribution in [0.2, 0.25) is 0 Å². The molecule has 0 aromatic carbocycles. The summed E-state index contributed by atoms with van der Waals surface area (Å²) in [6.45, 7) is 3.09. The number of hydrogen-bond acceptors (Lipinski definition) is 4. The van der Waals surface area contributed by atoms with E-state index in [2.05, 4.69) is 88.6 Å². The van der Waals surface area contributed by atoms with Gasteiger partial charge in [-0.2, -0.15) is 0 Å². The summed E-state index contributed by atoms with van der Waals surface area (Å²) in [6.07, 6.45) is 31.9. The van der Waals surface area contributed by atoms with E-state index < -0.39 is 0 Å². The Kier molecular flexibility index (Phi) is 20.1. The average molecular weight is 521 g/mol. The minimum absolute atomic E-state index is 0.0473. The smallest absolute Gasteiger partial charge is 0.252 e. The molecule has 7 nitrogen and oxygen atoms in total. The molecule has 3 amide bonds. The van der Waals surface area contributed by atoms with Gasteiger partial charge >= 0.3 is 0 Å². The molecule has 0 atom stereocenters. The zero-order chi connectivity index (χ0) is 27.5. The van der Waals surface area contributed by atoms with Crippen molar-refractivity contribution in [1.29, 1.82) is 0 Å². The van der Waals surface area contributed by atoms with Crippen LogP contribution in [0.1, 0.15) is 75.1 Å². The fourth-order valence-corrected chi connectivity index (χ4v) is 3.22. The molecular weight excluding hydrogens is 476 g/mol. The van der Waals surface area contributed by atoms with Crippen LogP contribution in [-0.2, 0) is 9.59 Å². The van der Waals surface area contributed by atoms with Crippen molar-refractivity contribution in [1.82, 2.24) is 20.9 Å². The van der Waals surface area contributed by atoms with Gasteiger partial charge in [-0.15, -0.1) is 0 Å². The molecule has 38 heavy (non-hydrogen) atoms. The predicted octanol–water partition coefficient (Wildman–Crippen LogP) is 5.36. The Morgan fingerprint density at radius 1 is 0.711 bits per heavy atom. The topological polar surface area (TPSA) is 100 Å². The van der Waals surface area contributed by atoms with Gasteiger partial charge in [-0.1, -0.05) is 67.7 Å². The second kappa shape index (κ2) is 23.6. The number of hydrogen-bond donors (Lipinski definition) is 3. The molecular formula is C31H44N4O3. The van der Waals surface area contributed by atoms with Crippen LogP contribution in [0.25, 0.3) is 0 Å². The van der Waals surface area contributed by atoms with Gasteiger partial charge in [0.05, 0.1) is 5.56 Å². The quantitative estimate of drug-likeness (QED) is 0.159. The first kappa shape index (κ1) is 32.3. The molecule has 0 unspecified atom stereocenters. The number of pyridine rings is 1. The standard InChI is InChI=1S/C31H44N4O3/c1-2-3-4-5-6-7-8-9-10-11-12-13-14-15-16-17-18-21-29(36)33-24-22-30(37)34-25-26-35-31(38)28-20-19-23-32-27-28/h3-4,6-7,9-10,12-13,15-16,19-20,23,27H,2,5,8,11,14,17-18,21-22,24-26H2,1H3,(H,33,36)(H,34,37)(H,35,38). The first-order valence-electron chi connectivity index (χ1n) is 13.6. The first-order chi connectivity index (χ1) is 18.6. The zero-order valence-corrected chi connectivity index (χ0v) is 22.7. The molecule has 0 fully saturated rings. The number of rotatable bonds is 20. The molecule has 0 aliphatic carbocycles. The third-order valence-electron chi connectivity index (χ3n) is 5.26. The highest BCUT2D eigenvalue weighted by Crippen LogP contribution is 2.00. The van der Waals surface area contributed by atoms with Crippen molar-refractivity contribution in [3.8, 4) is 0 Å². The Labute approximate surface area is 228 Å². The van der Waals surface area contributed by atoms with Crippen LogP contribution < -0.4 is 16.0 Å². The molecule has 1 aromatic heterocycles. The lowest BCUT2D eigenvalue weighted by molar-refractivity contribution is -0.122. The van der Waals surface area contributed by atoms with E-state index in [-0.39, 0.29) is 24.1 Å². The third-order valence-corrected chi connectivity index (χ3v) is 5.26. The number of unbranched alkanes of at least 4 members (excludes halogenated alkanes) is 1. The number of carbonyl (C=O) groups is 3. The van der Waals surface area contributed by atoms with E-state index in [4.69, 9.17) is 0 Å². The van der Waals surface area contributed by atoms with E-state index in [0.29, 0.717) is 31.6 Å². The fourth-order valence-electron chi connectivity index (χ4n) is 3.22. The van der Waals surface area contributed by atoms with E-state index in [0.717, 1.165) is 44.9 Å². The maximum Gasteiger partial charge on any atom is 0.252 e. The van der Waals surface area contributed by atoms with Crippen molar-refractivity contribution in [3.63, 3.8) is 0 Å². The van der Waals surface area contributed by atoms with Crippen molar-refractivity contribution in [2.75, 3.05) is 19.6 Å². The predicted molar refractivity (Wildman–Crippen MR) is 156 cm³/mol. The summed E-state index contributed by atoms with van der Waals surface area (Å²) >= 11 is 0. The Hall–Kier alpha value is -3.74. The Balaban J connectivity index is 1.94. The van der Waals surface area contributed by atoms with Crippen molar-refractivity contribution < 1.29 is 14.4 Å². The normalized spacial score (nSPS) is 11.8. The summed E-state index contributed by atoms with van der Waals surface area (Å²) in [5, 5.41) is 8.21. The molecule has 0 radical (unpaired) electrons. The molecule has 1 aromatic rings. The molecule has 206 valence electrons. The van der Waals surface area contributed by atoms with E-state index >= 15 is 0 Å². The largest absolute Gasteiger partial charge is 0.356 e. The Morgan fingerprint density at radius 2 is 1.26 bits per heavy atom. The van der Waals surface area contributed by atoms with Crippen LogP contribution in [-0.4, -0.2) is 42.3 Å². The van der Waals surface area contributed by atoms with E-state index in [1.165, 1.54) is 6.20 Å². The zero-order valence-electron chi connectivity index (χ0n) is 22.7. The van der Waals surface area contributed by atoms with Crippen LogP contribution in [0, 0.1) is 0 Å². The lowest BCUT2D eigenvalue weighted by Gasteiger charge is -2.08. The van der Waals surface area contributed by atoms with Gasteiger partial charge < -0.3 is 16.0 Å². The lowest BCUT2D eigenvalue weighted by Crippen LogP contribution is -2.36. The van der Waals surface area contributed by atoms with Gasteiger partial charge in [-0.25, -0.2) is 0 Å². The maximum absolute atomic E-state index is 11.9. The average Bonchev–Trinajstić information content (AvgIpc) is 2.93. The summed E-state index contributed by atoms with van der Waals surface area (Å²) in [5.41, 5.74) is 0.475. The summed E-state index contributed by atoms with van der Waals surface area (Å²) in [5.74, 6) is -0.446. The molecule has 0 aliphatic heterocycles. The van der Waals surface area contributed by atoms with E-state index in [1.54, 1.807) is 18.3 Å². The number of allylic oxidation sites excluding steroid dienone is 10. The van der Waals surface area contributed by atoms with Gasteiger partial charge in [-0.3, -0.25) is 19.4 Å². The maximum atomic E-state index is 11.9. The van der Waals surface area contributed by atoms with Crippen LogP contribution in [0.3, 0.4) is 0 Å². The van der Waals surface area contributed by atoms with Crippen molar-refractivity contribution >= 4 is 17.7 Å². The van der Waals surface area contributed by atoms with Crippen LogP contribution in [0.4, 0.5) is 0 Å². The SMILES string of the molecule is CCC=CCC=CCC=CCC=CCC=CCCCC(=O)NCCC(=O)NCCNC(=O)c1cccnc1. The fraction of sp³-hybridized carbons (Fsp3) is 0.419. The van der Waals surface area contributed by atoms with Gasteiger partial charge in [-0.05, 0) is 57.1 Å². The summed E-state index contributed by atoms with van der Waals surface area (Å²) in [6, 6.07) is 3.36. The van der Waals surface area contributed by atoms with Crippen molar-refractivity contribution in [2.24, 2.45) is 0 Å². The highest BCUT2D eigenvalue weighted by Gasteiger charge is 2.06. The van der Waals surface area contributed by atoms with Gasteiger partial charge in [0, 0.05) is 44.9 Å². The molecule has 0 aliphatic rings. The van der Waals surface area contributed by atoms with Gasteiger partial charge in [0.25, 0.3) is 5.91 Å². The number of nitrogens with zero attached hydrogens (tertiary/aromatic N) is 1.